The van der Waals surface area contributed by atoms with Crippen molar-refractivity contribution in [2.75, 3.05) is 31.1 Å². The van der Waals surface area contributed by atoms with E-state index >= 15 is 0 Å². The third-order valence-electron chi connectivity index (χ3n) is 3.74. The molecule has 7 nitrogen and oxygen atoms in total. The Balaban J connectivity index is 1.59. The van der Waals surface area contributed by atoms with Crippen molar-refractivity contribution in [1.29, 1.82) is 0 Å². The van der Waals surface area contributed by atoms with Crippen LogP contribution in [0.1, 0.15) is 24.2 Å². The molecule has 0 atom stereocenters. The molecule has 0 radical (unpaired) electrons. The predicted molar refractivity (Wildman–Crippen MR) is 90.1 cm³/mol. The van der Waals surface area contributed by atoms with Crippen molar-refractivity contribution < 1.29 is 9.53 Å². The van der Waals surface area contributed by atoms with Gasteiger partial charge in [0.15, 0.2) is 0 Å². The first kappa shape index (κ1) is 16.2. The first-order valence-corrected chi connectivity index (χ1v) is 8.07. The summed E-state index contributed by atoms with van der Waals surface area (Å²) >= 11 is 0. The maximum absolute atomic E-state index is 12.6. The van der Waals surface area contributed by atoms with Crippen LogP contribution in [-0.2, 0) is 0 Å². The summed E-state index contributed by atoms with van der Waals surface area (Å²) in [6.45, 7) is 6.60. The Labute approximate surface area is 141 Å². The highest BCUT2D eigenvalue weighted by Crippen LogP contribution is 2.14. The number of rotatable bonds is 4. The zero-order chi connectivity index (χ0) is 16.9. The summed E-state index contributed by atoms with van der Waals surface area (Å²) in [5, 5.41) is 0. The van der Waals surface area contributed by atoms with E-state index in [1.165, 1.54) is 0 Å². The number of anilines is 1. The Morgan fingerprint density at radius 2 is 1.79 bits per heavy atom. The molecular weight excluding hydrogens is 306 g/mol. The predicted octanol–water partition coefficient (Wildman–Crippen LogP) is 1.62. The SMILES string of the molecule is CC(C)Oc1ccc(C(=O)N2CCN(c3ncccn3)CC2)cn1. The lowest BCUT2D eigenvalue weighted by molar-refractivity contribution is 0.0745. The first-order valence-electron chi connectivity index (χ1n) is 8.07. The highest BCUT2D eigenvalue weighted by atomic mass is 16.5. The van der Waals surface area contributed by atoms with Crippen molar-refractivity contribution >= 4 is 11.9 Å². The second kappa shape index (κ2) is 7.25. The van der Waals surface area contributed by atoms with E-state index in [4.69, 9.17) is 4.74 Å². The molecule has 3 rings (SSSR count). The third kappa shape index (κ3) is 3.79. The molecule has 24 heavy (non-hydrogen) atoms. The minimum absolute atomic E-state index is 0.00720. The monoisotopic (exact) mass is 327 g/mol. The minimum Gasteiger partial charge on any atom is -0.475 e. The Morgan fingerprint density at radius 1 is 1.08 bits per heavy atom. The Hall–Kier alpha value is -2.70. The van der Waals surface area contributed by atoms with Gasteiger partial charge in [0.05, 0.1) is 11.7 Å². The van der Waals surface area contributed by atoms with Gasteiger partial charge in [-0.1, -0.05) is 0 Å². The second-order valence-corrected chi connectivity index (χ2v) is 5.88. The highest BCUT2D eigenvalue weighted by Gasteiger charge is 2.23. The van der Waals surface area contributed by atoms with E-state index in [0.29, 0.717) is 30.5 Å². The lowest BCUT2D eigenvalue weighted by Crippen LogP contribution is -2.49. The molecule has 3 heterocycles. The molecule has 0 saturated carbocycles. The van der Waals surface area contributed by atoms with Crippen LogP contribution in [0, 0.1) is 0 Å². The number of hydrogen-bond acceptors (Lipinski definition) is 6. The van der Waals surface area contributed by atoms with Crippen LogP contribution in [0.25, 0.3) is 0 Å². The van der Waals surface area contributed by atoms with Gasteiger partial charge in [-0.2, -0.15) is 0 Å². The van der Waals surface area contributed by atoms with E-state index in [0.717, 1.165) is 13.1 Å². The topological polar surface area (TPSA) is 71.5 Å². The maximum Gasteiger partial charge on any atom is 0.255 e. The van der Waals surface area contributed by atoms with Crippen LogP contribution in [0.3, 0.4) is 0 Å². The van der Waals surface area contributed by atoms with Crippen molar-refractivity contribution in [3.05, 3.63) is 42.4 Å². The average molecular weight is 327 g/mol. The number of amides is 1. The Bertz CT molecular complexity index is 667. The molecule has 2 aromatic heterocycles. The number of carbonyl (C=O) groups is 1. The Morgan fingerprint density at radius 3 is 2.38 bits per heavy atom. The number of hydrogen-bond donors (Lipinski definition) is 0. The van der Waals surface area contributed by atoms with Crippen molar-refractivity contribution in [2.45, 2.75) is 20.0 Å². The van der Waals surface area contributed by atoms with Gasteiger partial charge in [-0.15, -0.1) is 0 Å². The number of pyridine rings is 1. The molecule has 2 aromatic rings. The summed E-state index contributed by atoms with van der Waals surface area (Å²) in [5.41, 5.74) is 0.579. The van der Waals surface area contributed by atoms with Gasteiger partial charge >= 0.3 is 0 Å². The van der Waals surface area contributed by atoms with Gasteiger partial charge in [0.25, 0.3) is 5.91 Å². The van der Waals surface area contributed by atoms with Gasteiger partial charge in [-0.25, -0.2) is 15.0 Å². The zero-order valence-corrected chi connectivity index (χ0v) is 13.9. The van der Waals surface area contributed by atoms with Crippen molar-refractivity contribution in [3.63, 3.8) is 0 Å². The van der Waals surface area contributed by atoms with Crippen LogP contribution >= 0.6 is 0 Å². The number of aromatic nitrogens is 3. The van der Waals surface area contributed by atoms with Gasteiger partial charge in [-0.05, 0) is 26.0 Å². The lowest BCUT2D eigenvalue weighted by atomic mass is 10.2. The third-order valence-corrected chi connectivity index (χ3v) is 3.74. The zero-order valence-electron chi connectivity index (χ0n) is 13.9. The molecule has 1 aliphatic heterocycles. The molecule has 0 aliphatic carbocycles. The van der Waals surface area contributed by atoms with Gasteiger partial charge in [0, 0.05) is 50.8 Å². The fourth-order valence-electron chi connectivity index (χ4n) is 2.56. The highest BCUT2D eigenvalue weighted by molar-refractivity contribution is 5.94. The number of ether oxygens (including phenoxy) is 1. The van der Waals surface area contributed by atoms with E-state index < -0.39 is 0 Å². The number of piperazine rings is 1. The standard InChI is InChI=1S/C17H21N5O2/c1-13(2)24-15-5-4-14(12-20-15)16(23)21-8-10-22(11-9-21)17-18-6-3-7-19-17/h3-7,12-13H,8-11H2,1-2H3. The second-order valence-electron chi connectivity index (χ2n) is 5.88. The quantitative estimate of drug-likeness (QED) is 0.850. The van der Waals surface area contributed by atoms with Crippen LogP contribution in [0.15, 0.2) is 36.8 Å². The van der Waals surface area contributed by atoms with Gasteiger partial charge in [0.2, 0.25) is 11.8 Å². The Kier molecular flexibility index (Phi) is 4.88. The maximum atomic E-state index is 12.6. The van der Waals surface area contributed by atoms with Crippen LogP contribution in [0.2, 0.25) is 0 Å². The van der Waals surface area contributed by atoms with Crippen molar-refractivity contribution in [1.82, 2.24) is 19.9 Å². The van der Waals surface area contributed by atoms with Gasteiger partial charge < -0.3 is 14.5 Å². The van der Waals surface area contributed by atoms with Crippen LogP contribution in [0.4, 0.5) is 5.95 Å². The van der Waals surface area contributed by atoms with E-state index in [-0.39, 0.29) is 12.0 Å². The summed E-state index contributed by atoms with van der Waals surface area (Å²) in [6, 6.07) is 5.30. The van der Waals surface area contributed by atoms with Gasteiger partial charge in [0.1, 0.15) is 0 Å². The summed E-state index contributed by atoms with van der Waals surface area (Å²) in [4.78, 5) is 29.2. The summed E-state index contributed by atoms with van der Waals surface area (Å²) in [6.07, 6.45) is 5.10. The molecular formula is C17H21N5O2. The van der Waals surface area contributed by atoms with E-state index in [1.54, 1.807) is 36.8 Å². The van der Waals surface area contributed by atoms with Crippen molar-refractivity contribution in [2.24, 2.45) is 0 Å². The van der Waals surface area contributed by atoms with Crippen molar-refractivity contribution in [3.8, 4) is 5.88 Å². The molecule has 7 heteroatoms. The molecule has 1 saturated heterocycles. The molecule has 0 N–H and O–H groups in total. The first-order chi connectivity index (χ1) is 11.6. The molecule has 0 aromatic carbocycles. The van der Waals surface area contributed by atoms with Gasteiger partial charge in [-0.3, -0.25) is 4.79 Å². The molecule has 0 bridgehead atoms. The number of carbonyl (C=O) groups excluding carboxylic acids is 1. The molecule has 1 fully saturated rings. The number of nitrogens with zero attached hydrogens (tertiary/aromatic N) is 5. The lowest BCUT2D eigenvalue weighted by Gasteiger charge is -2.34. The molecule has 1 aliphatic rings. The minimum atomic E-state index is -0.00720. The van der Waals surface area contributed by atoms with Crippen LogP contribution in [-0.4, -0.2) is 58.0 Å². The fourth-order valence-corrected chi connectivity index (χ4v) is 2.56. The molecule has 0 spiro atoms. The van der Waals surface area contributed by atoms with Crippen LogP contribution < -0.4 is 9.64 Å². The van der Waals surface area contributed by atoms with E-state index in [2.05, 4.69) is 19.9 Å². The molecule has 1 amide bonds. The smallest absolute Gasteiger partial charge is 0.255 e. The summed E-state index contributed by atoms with van der Waals surface area (Å²) < 4.78 is 5.50. The summed E-state index contributed by atoms with van der Waals surface area (Å²) in [5.74, 6) is 1.24. The fraction of sp³-hybridized carbons (Fsp3) is 0.412. The average Bonchev–Trinajstić information content (AvgIpc) is 2.62. The van der Waals surface area contributed by atoms with E-state index in [1.807, 2.05) is 18.7 Å². The van der Waals surface area contributed by atoms with Crippen LogP contribution in [0.5, 0.6) is 5.88 Å². The largest absolute Gasteiger partial charge is 0.475 e. The normalized spacial score (nSPS) is 14.8. The van der Waals surface area contributed by atoms with E-state index in [9.17, 15) is 4.79 Å². The molecule has 126 valence electrons. The molecule has 0 unspecified atom stereocenters. The summed E-state index contributed by atoms with van der Waals surface area (Å²) in [7, 11) is 0.